The summed E-state index contributed by atoms with van der Waals surface area (Å²) in [5.41, 5.74) is 2.74. The van der Waals surface area contributed by atoms with Crippen molar-refractivity contribution in [1.82, 2.24) is 25.2 Å². The molecule has 0 aliphatic heterocycles. The molecule has 0 saturated carbocycles. The normalized spacial score (nSPS) is 11.9. The number of pyridine rings is 1. The molecule has 1 N–H and O–H groups in total. The van der Waals surface area contributed by atoms with E-state index in [2.05, 4.69) is 20.6 Å². The van der Waals surface area contributed by atoms with Crippen LogP contribution in [0.15, 0.2) is 71.5 Å². The summed E-state index contributed by atoms with van der Waals surface area (Å²) in [5, 5.41) is 11.4. The van der Waals surface area contributed by atoms with Gasteiger partial charge in [0.15, 0.2) is 11.5 Å². The minimum atomic E-state index is -0.327. The summed E-state index contributed by atoms with van der Waals surface area (Å²) < 4.78 is 7.02. The maximum Gasteiger partial charge on any atom is 0.273 e. The molecule has 0 aliphatic carbocycles. The van der Waals surface area contributed by atoms with Crippen LogP contribution >= 0.6 is 11.6 Å². The van der Waals surface area contributed by atoms with E-state index in [9.17, 15) is 4.79 Å². The van der Waals surface area contributed by atoms with Crippen LogP contribution in [0.1, 0.15) is 27.7 Å². The number of hydrogen-bond acceptors (Lipinski definition) is 5. The van der Waals surface area contributed by atoms with Crippen LogP contribution in [0.3, 0.4) is 0 Å². The number of nitrogens with one attached hydrogen (secondary N) is 1. The van der Waals surface area contributed by atoms with Gasteiger partial charge in [0.05, 0.1) is 11.9 Å². The van der Waals surface area contributed by atoms with Gasteiger partial charge in [0.1, 0.15) is 5.15 Å². The number of benzene rings is 1. The number of rotatable bonds is 6. The highest BCUT2D eigenvalue weighted by atomic mass is 35.5. The Morgan fingerprint density at radius 1 is 1.21 bits per heavy atom. The lowest BCUT2D eigenvalue weighted by atomic mass is 9.98. The summed E-state index contributed by atoms with van der Waals surface area (Å²) in [5.74, 6) is 0.00904. The molecule has 4 aromatic rings. The number of carbonyl (C=O) groups excluding carboxylic acids is 1. The van der Waals surface area contributed by atoms with E-state index >= 15 is 0 Å². The molecule has 7 nitrogen and oxygen atoms in total. The van der Waals surface area contributed by atoms with E-state index in [1.54, 1.807) is 23.0 Å². The van der Waals surface area contributed by atoms with Crippen LogP contribution in [-0.4, -0.2) is 32.4 Å². The van der Waals surface area contributed by atoms with Gasteiger partial charge in [-0.3, -0.25) is 9.48 Å². The molecule has 0 fully saturated rings. The molecule has 1 atom stereocenters. The van der Waals surface area contributed by atoms with Gasteiger partial charge in [-0.15, -0.1) is 0 Å². The predicted octanol–water partition coefficient (Wildman–Crippen LogP) is 3.69. The van der Waals surface area contributed by atoms with Crippen LogP contribution in [-0.2, 0) is 7.05 Å². The Bertz CT molecular complexity index is 1120. The zero-order valence-corrected chi connectivity index (χ0v) is 16.4. The Hall–Kier alpha value is -3.45. The van der Waals surface area contributed by atoms with E-state index in [1.165, 1.54) is 0 Å². The fraction of sp³-hybridized carbons (Fsp3) is 0.143. The molecule has 29 heavy (non-hydrogen) atoms. The van der Waals surface area contributed by atoms with E-state index in [4.69, 9.17) is 16.1 Å². The maximum atomic E-state index is 12.6. The van der Waals surface area contributed by atoms with Gasteiger partial charge in [-0.25, -0.2) is 4.98 Å². The molecule has 3 aromatic heterocycles. The minimum Gasteiger partial charge on any atom is -0.355 e. The quantitative estimate of drug-likeness (QED) is 0.493. The third-order valence-corrected chi connectivity index (χ3v) is 4.70. The molecule has 1 unspecified atom stereocenters. The molecule has 146 valence electrons. The number of amides is 1. The van der Waals surface area contributed by atoms with Gasteiger partial charge in [-0.1, -0.05) is 53.2 Å². The summed E-state index contributed by atoms with van der Waals surface area (Å²) in [6, 6.07) is 16.5. The van der Waals surface area contributed by atoms with E-state index in [1.807, 2.05) is 55.7 Å². The molecule has 3 heterocycles. The van der Waals surface area contributed by atoms with Gasteiger partial charge < -0.3 is 9.84 Å². The molecule has 0 saturated heterocycles. The van der Waals surface area contributed by atoms with Crippen molar-refractivity contribution in [3.05, 3.63) is 89.1 Å². The average molecular weight is 408 g/mol. The number of carbonyl (C=O) groups is 1. The Balaban J connectivity index is 1.52. The third-order valence-electron chi connectivity index (χ3n) is 4.49. The zero-order valence-electron chi connectivity index (χ0n) is 15.6. The Kier molecular flexibility index (Phi) is 5.39. The molecule has 8 heteroatoms. The van der Waals surface area contributed by atoms with Crippen molar-refractivity contribution >= 4 is 17.5 Å². The first-order chi connectivity index (χ1) is 14.1. The maximum absolute atomic E-state index is 12.6. The van der Waals surface area contributed by atoms with Crippen molar-refractivity contribution in [3.63, 3.8) is 0 Å². The highest BCUT2D eigenvalue weighted by molar-refractivity contribution is 6.29. The molecule has 4 rings (SSSR count). The predicted molar refractivity (Wildman–Crippen MR) is 109 cm³/mol. The fourth-order valence-corrected chi connectivity index (χ4v) is 3.21. The largest absolute Gasteiger partial charge is 0.355 e. The van der Waals surface area contributed by atoms with E-state index < -0.39 is 0 Å². The third kappa shape index (κ3) is 4.35. The molecule has 0 spiro atoms. The summed E-state index contributed by atoms with van der Waals surface area (Å²) in [7, 11) is 1.84. The van der Waals surface area contributed by atoms with Crippen LogP contribution in [0.4, 0.5) is 0 Å². The van der Waals surface area contributed by atoms with E-state index in [0.29, 0.717) is 17.5 Å². The Morgan fingerprint density at radius 2 is 2.03 bits per heavy atom. The molecule has 0 bridgehead atoms. The molecule has 1 aromatic carbocycles. The first-order valence-electron chi connectivity index (χ1n) is 9.01. The lowest BCUT2D eigenvalue weighted by molar-refractivity contribution is 0.0943. The minimum absolute atomic E-state index is 0.202. The van der Waals surface area contributed by atoms with Crippen molar-refractivity contribution < 1.29 is 9.32 Å². The molecule has 0 aliphatic rings. The molecule has 0 radical (unpaired) electrons. The van der Waals surface area contributed by atoms with Crippen molar-refractivity contribution in [2.75, 3.05) is 6.54 Å². The fourth-order valence-electron chi connectivity index (χ4n) is 3.04. The van der Waals surface area contributed by atoms with E-state index in [-0.39, 0.29) is 17.5 Å². The van der Waals surface area contributed by atoms with Crippen LogP contribution in [0, 0.1) is 0 Å². The van der Waals surface area contributed by atoms with Gasteiger partial charge in [0.2, 0.25) is 0 Å². The van der Waals surface area contributed by atoms with Crippen LogP contribution in [0.5, 0.6) is 0 Å². The number of hydrogen-bond donors (Lipinski definition) is 1. The Morgan fingerprint density at radius 3 is 2.76 bits per heavy atom. The molecule has 1 amide bonds. The monoisotopic (exact) mass is 407 g/mol. The van der Waals surface area contributed by atoms with Crippen molar-refractivity contribution in [2.45, 2.75) is 5.92 Å². The lowest BCUT2D eigenvalue weighted by Crippen LogP contribution is -2.29. The first-order valence-corrected chi connectivity index (χ1v) is 9.39. The topological polar surface area (TPSA) is 85.8 Å². The smallest absolute Gasteiger partial charge is 0.273 e. The Labute approximate surface area is 172 Å². The van der Waals surface area contributed by atoms with Gasteiger partial charge in [0.25, 0.3) is 5.91 Å². The standard InChI is InChI=1S/C21H18ClN5O2/c1-27-13-15(11-24-27)16(17-8-5-9-20(22)25-17)12-23-21(28)18-10-19(29-26-18)14-6-3-2-4-7-14/h2-11,13,16H,12H2,1H3,(H,23,28). The SMILES string of the molecule is Cn1cc(C(CNC(=O)c2cc(-c3ccccc3)on2)c2cccc(Cl)n2)cn1. The number of halogens is 1. The summed E-state index contributed by atoms with van der Waals surface area (Å²) in [6.45, 7) is 0.311. The highest BCUT2D eigenvalue weighted by Gasteiger charge is 2.21. The van der Waals surface area contributed by atoms with Crippen LogP contribution in [0.25, 0.3) is 11.3 Å². The lowest BCUT2D eigenvalue weighted by Gasteiger charge is -2.15. The van der Waals surface area contributed by atoms with Gasteiger partial charge in [-0.05, 0) is 12.1 Å². The van der Waals surface area contributed by atoms with Crippen LogP contribution < -0.4 is 5.32 Å². The highest BCUT2D eigenvalue weighted by Crippen LogP contribution is 2.24. The van der Waals surface area contributed by atoms with Gasteiger partial charge >= 0.3 is 0 Å². The number of aromatic nitrogens is 4. The first kappa shape index (κ1) is 18.9. The van der Waals surface area contributed by atoms with Gasteiger partial charge in [0, 0.05) is 42.9 Å². The summed E-state index contributed by atoms with van der Waals surface area (Å²) in [6.07, 6.45) is 3.64. The van der Waals surface area contributed by atoms with E-state index in [0.717, 1.165) is 16.8 Å². The molecular weight excluding hydrogens is 390 g/mol. The second-order valence-corrected chi connectivity index (χ2v) is 6.92. The summed E-state index contributed by atoms with van der Waals surface area (Å²) >= 11 is 6.06. The number of aryl methyl sites for hydroxylation is 1. The van der Waals surface area contributed by atoms with Crippen molar-refractivity contribution in [2.24, 2.45) is 7.05 Å². The average Bonchev–Trinajstić information content (AvgIpc) is 3.38. The van der Waals surface area contributed by atoms with Crippen molar-refractivity contribution in [1.29, 1.82) is 0 Å². The molecular formula is C21H18ClN5O2. The summed E-state index contributed by atoms with van der Waals surface area (Å²) in [4.78, 5) is 17.0. The zero-order chi connectivity index (χ0) is 20.2. The second kappa shape index (κ2) is 8.28. The second-order valence-electron chi connectivity index (χ2n) is 6.54. The van der Waals surface area contributed by atoms with Gasteiger partial charge in [-0.2, -0.15) is 5.10 Å². The van der Waals surface area contributed by atoms with Crippen LogP contribution in [0.2, 0.25) is 5.15 Å². The number of nitrogens with zero attached hydrogens (tertiary/aromatic N) is 4. The van der Waals surface area contributed by atoms with Crippen molar-refractivity contribution in [3.8, 4) is 11.3 Å².